The van der Waals surface area contributed by atoms with Crippen molar-refractivity contribution in [2.45, 2.75) is 158 Å². The second-order valence-electron chi connectivity index (χ2n) is 17.8. The molecule has 0 N–H and O–H groups in total. The standard InChI is InChI=1S/4C8H17.2Al.O/c4*1-7(2)6-8(3,4)5;;;/h4*7H,1,6H2,2-5H3;;;. The van der Waals surface area contributed by atoms with Crippen LogP contribution in [0.4, 0.5) is 0 Å². The third-order valence-electron chi connectivity index (χ3n) is 6.89. The lowest BCUT2D eigenvalue weighted by Gasteiger charge is -2.32. The molecule has 0 bridgehead atoms. The highest BCUT2D eigenvalue weighted by molar-refractivity contribution is 6.66. The van der Waals surface area contributed by atoms with E-state index < -0.39 is 29.0 Å². The summed E-state index contributed by atoms with van der Waals surface area (Å²) >= 11 is -2.50. The first-order chi connectivity index (χ1) is 15.4. The lowest BCUT2D eigenvalue weighted by molar-refractivity contribution is 0.301. The van der Waals surface area contributed by atoms with E-state index in [1.54, 1.807) is 0 Å². The van der Waals surface area contributed by atoms with Gasteiger partial charge in [-0.2, -0.15) is 0 Å². The molecule has 4 atom stereocenters. The maximum absolute atomic E-state index is 7.47. The molecule has 0 aliphatic heterocycles. The van der Waals surface area contributed by atoms with Crippen molar-refractivity contribution in [2.75, 3.05) is 0 Å². The maximum Gasteiger partial charge on any atom is 0.430 e. The second kappa shape index (κ2) is 15.0. The molecule has 0 aliphatic carbocycles. The lowest BCUT2D eigenvalue weighted by Crippen LogP contribution is -2.35. The van der Waals surface area contributed by atoms with E-state index in [1.807, 2.05) is 0 Å². The molecular formula is C32H68Al2O. The zero-order valence-corrected chi connectivity index (χ0v) is 29.8. The van der Waals surface area contributed by atoms with Crippen LogP contribution in [-0.4, -0.2) is 29.0 Å². The van der Waals surface area contributed by atoms with E-state index >= 15 is 0 Å². The van der Waals surface area contributed by atoms with E-state index in [0.29, 0.717) is 21.7 Å². The molecule has 0 fully saturated rings. The minimum Gasteiger partial charge on any atom is -0.636 e. The molecule has 0 radical (unpaired) electrons. The van der Waals surface area contributed by atoms with Crippen LogP contribution in [0.25, 0.3) is 0 Å². The fourth-order valence-corrected chi connectivity index (χ4v) is 15.6. The van der Waals surface area contributed by atoms with Gasteiger partial charge in [-0.1, -0.05) is 156 Å². The van der Waals surface area contributed by atoms with Gasteiger partial charge in [0.1, 0.15) is 0 Å². The first-order valence-electron chi connectivity index (χ1n) is 15.1. The molecule has 0 aromatic heterocycles. The Morgan fingerprint density at radius 2 is 0.571 bits per heavy atom. The molecule has 0 aromatic carbocycles. The quantitative estimate of drug-likeness (QED) is 0.206. The van der Waals surface area contributed by atoms with Gasteiger partial charge in [-0.3, -0.25) is 0 Å². The van der Waals surface area contributed by atoms with Gasteiger partial charge in [-0.05, 0) is 47.3 Å². The Kier molecular flexibility index (Phi) is 15.4. The van der Waals surface area contributed by atoms with Crippen molar-refractivity contribution in [2.24, 2.45) is 45.3 Å². The van der Waals surface area contributed by atoms with Gasteiger partial charge in [0.25, 0.3) is 0 Å². The van der Waals surface area contributed by atoms with Crippen molar-refractivity contribution < 1.29 is 2.84 Å². The SMILES string of the molecule is CC([CH2][Al]([CH2]C(C)CC(C)(C)C)[O][Al]([CH2]C(C)CC(C)(C)C)[CH2]C(C)CC(C)(C)C)CC(C)(C)C. The fraction of sp³-hybridized carbons (Fsp3) is 1.00. The van der Waals surface area contributed by atoms with Crippen LogP contribution in [0.5, 0.6) is 0 Å². The smallest absolute Gasteiger partial charge is 0.430 e. The molecule has 35 heavy (non-hydrogen) atoms. The van der Waals surface area contributed by atoms with Gasteiger partial charge in [-0.25, -0.2) is 0 Å². The van der Waals surface area contributed by atoms with Crippen molar-refractivity contribution in [3.8, 4) is 0 Å². The first kappa shape index (κ1) is 36.0. The average molecular weight is 523 g/mol. The third-order valence-corrected chi connectivity index (χ3v) is 15.3. The highest BCUT2D eigenvalue weighted by atomic mass is 27.3. The van der Waals surface area contributed by atoms with E-state index in [4.69, 9.17) is 2.84 Å². The summed E-state index contributed by atoms with van der Waals surface area (Å²) < 4.78 is 7.47. The van der Waals surface area contributed by atoms with E-state index in [-0.39, 0.29) is 0 Å². The molecule has 0 saturated carbocycles. The molecular weight excluding hydrogens is 454 g/mol. The second-order valence-corrected chi connectivity index (χ2v) is 23.3. The summed E-state index contributed by atoms with van der Waals surface area (Å²) in [7, 11) is 0. The highest BCUT2D eigenvalue weighted by Crippen LogP contribution is 2.35. The van der Waals surface area contributed by atoms with E-state index in [2.05, 4.69) is 111 Å². The Hall–Kier alpha value is 1.02. The number of rotatable bonds is 14. The Bertz CT molecular complexity index is 460. The van der Waals surface area contributed by atoms with Crippen LogP contribution < -0.4 is 0 Å². The summed E-state index contributed by atoms with van der Waals surface area (Å²) in [6, 6.07) is 0. The van der Waals surface area contributed by atoms with Gasteiger partial charge < -0.3 is 2.84 Å². The van der Waals surface area contributed by atoms with Gasteiger partial charge >= 0.3 is 29.0 Å². The van der Waals surface area contributed by atoms with Crippen LogP contribution in [0.1, 0.15) is 136 Å². The molecule has 0 amide bonds. The van der Waals surface area contributed by atoms with Gasteiger partial charge in [0.15, 0.2) is 0 Å². The zero-order valence-electron chi connectivity index (χ0n) is 27.5. The largest absolute Gasteiger partial charge is 0.636 e. The van der Waals surface area contributed by atoms with Crippen LogP contribution in [0.3, 0.4) is 0 Å². The summed E-state index contributed by atoms with van der Waals surface area (Å²) in [5, 5.41) is 5.49. The Morgan fingerprint density at radius 1 is 0.400 bits per heavy atom. The highest BCUT2D eigenvalue weighted by Gasteiger charge is 2.35. The minimum atomic E-state index is -1.25. The van der Waals surface area contributed by atoms with Crippen molar-refractivity contribution >= 4 is 29.0 Å². The summed E-state index contributed by atoms with van der Waals surface area (Å²) in [5.74, 6) is 3.12. The van der Waals surface area contributed by atoms with Crippen LogP contribution in [0, 0.1) is 45.3 Å². The van der Waals surface area contributed by atoms with Gasteiger partial charge in [0.05, 0.1) is 0 Å². The molecule has 0 aliphatic rings. The fourth-order valence-electron chi connectivity index (χ4n) is 7.00. The van der Waals surface area contributed by atoms with E-state index in [1.165, 1.54) is 46.8 Å². The lowest BCUT2D eigenvalue weighted by atomic mass is 9.86. The maximum atomic E-state index is 7.47. The van der Waals surface area contributed by atoms with Crippen LogP contribution >= 0.6 is 0 Å². The van der Waals surface area contributed by atoms with Crippen LogP contribution in [0.2, 0.25) is 21.1 Å². The zero-order chi connectivity index (χ0) is 27.8. The van der Waals surface area contributed by atoms with Crippen molar-refractivity contribution in [3.63, 3.8) is 0 Å². The first-order valence-corrected chi connectivity index (χ1v) is 19.3. The Balaban J connectivity index is 5.66. The summed E-state index contributed by atoms with van der Waals surface area (Å²) in [5.41, 5.74) is 1.65. The van der Waals surface area contributed by atoms with Crippen molar-refractivity contribution in [1.82, 2.24) is 0 Å². The van der Waals surface area contributed by atoms with Gasteiger partial charge in [-0.15, -0.1) is 0 Å². The van der Waals surface area contributed by atoms with Crippen molar-refractivity contribution in [3.05, 3.63) is 0 Å². The molecule has 3 heteroatoms. The van der Waals surface area contributed by atoms with E-state index in [9.17, 15) is 0 Å². The van der Waals surface area contributed by atoms with Gasteiger partial charge in [0.2, 0.25) is 0 Å². The third kappa shape index (κ3) is 22.7. The Labute approximate surface area is 233 Å². The van der Waals surface area contributed by atoms with Gasteiger partial charge in [0, 0.05) is 0 Å². The summed E-state index contributed by atoms with van der Waals surface area (Å²) in [6.07, 6.45) is 5.28. The predicted molar refractivity (Wildman–Crippen MR) is 165 cm³/mol. The van der Waals surface area contributed by atoms with Crippen LogP contribution in [-0.2, 0) is 2.84 Å². The number of hydrogen-bond donors (Lipinski definition) is 0. The van der Waals surface area contributed by atoms with Crippen molar-refractivity contribution in [1.29, 1.82) is 0 Å². The molecule has 0 saturated heterocycles. The molecule has 0 heterocycles. The summed E-state index contributed by atoms with van der Waals surface area (Å²) in [6.45, 7) is 38.9. The average Bonchev–Trinajstić information content (AvgIpc) is 2.45. The molecule has 0 aromatic rings. The monoisotopic (exact) mass is 522 g/mol. The normalized spacial score (nSPS) is 17.1. The van der Waals surface area contributed by atoms with Crippen LogP contribution in [0.15, 0.2) is 0 Å². The molecule has 4 unspecified atom stereocenters. The molecule has 0 spiro atoms. The molecule has 1 nitrogen and oxygen atoms in total. The molecule has 0 rings (SSSR count). The molecule has 208 valence electrons. The topological polar surface area (TPSA) is 9.23 Å². The number of hydrogen-bond acceptors (Lipinski definition) is 1. The van der Waals surface area contributed by atoms with E-state index in [0.717, 1.165) is 23.7 Å². The predicted octanol–water partition coefficient (Wildman–Crippen LogP) is 11.3. The Morgan fingerprint density at radius 3 is 0.714 bits per heavy atom. The summed E-state index contributed by atoms with van der Waals surface area (Å²) in [4.78, 5) is 0. The minimum absolute atomic E-state index is 0.411.